The molecule has 1 aromatic rings. The average molecular weight is 273 g/mol. The SMILES string of the molecule is N#Cc1ccc(N2C3CCC2CC(O)C3)cc1[N+](=O)[O-]. The van der Waals surface area contributed by atoms with E-state index in [2.05, 4.69) is 4.90 Å². The Bertz CT molecular complexity index is 582. The molecule has 0 aliphatic carbocycles. The number of hydrogen-bond donors (Lipinski definition) is 1. The van der Waals surface area contributed by atoms with Gasteiger partial charge in [0.15, 0.2) is 0 Å². The van der Waals surface area contributed by atoms with Gasteiger partial charge in [-0.1, -0.05) is 0 Å². The van der Waals surface area contributed by atoms with E-state index >= 15 is 0 Å². The summed E-state index contributed by atoms with van der Waals surface area (Å²) in [5.41, 5.74) is 0.730. The molecule has 2 saturated heterocycles. The van der Waals surface area contributed by atoms with Crippen LogP contribution in [0.15, 0.2) is 18.2 Å². The summed E-state index contributed by atoms with van der Waals surface area (Å²) in [4.78, 5) is 12.7. The molecule has 0 spiro atoms. The van der Waals surface area contributed by atoms with Crippen molar-refractivity contribution in [1.29, 1.82) is 5.26 Å². The largest absolute Gasteiger partial charge is 0.393 e. The number of nitriles is 1. The second-order valence-corrected chi connectivity index (χ2v) is 5.49. The Labute approximate surface area is 116 Å². The van der Waals surface area contributed by atoms with Crippen LogP contribution < -0.4 is 4.90 Å². The van der Waals surface area contributed by atoms with E-state index in [-0.39, 0.29) is 29.4 Å². The maximum atomic E-state index is 11.0. The van der Waals surface area contributed by atoms with Crippen molar-refractivity contribution in [2.24, 2.45) is 0 Å². The molecule has 0 amide bonds. The van der Waals surface area contributed by atoms with E-state index in [0.29, 0.717) is 12.8 Å². The number of piperidine rings is 1. The Hall–Kier alpha value is -2.13. The summed E-state index contributed by atoms with van der Waals surface area (Å²) in [7, 11) is 0. The minimum atomic E-state index is -0.511. The van der Waals surface area contributed by atoms with Gasteiger partial charge >= 0.3 is 0 Å². The lowest BCUT2D eigenvalue weighted by Crippen LogP contribution is -2.44. The van der Waals surface area contributed by atoms with Crippen molar-refractivity contribution in [3.8, 4) is 6.07 Å². The highest BCUT2D eigenvalue weighted by Gasteiger charge is 2.40. The van der Waals surface area contributed by atoms with Gasteiger partial charge in [0.05, 0.1) is 11.0 Å². The first-order chi connectivity index (χ1) is 9.60. The predicted molar refractivity (Wildman–Crippen MR) is 72.3 cm³/mol. The van der Waals surface area contributed by atoms with Gasteiger partial charge in [0.2, 0.25) is 0 Å². The van der Waals surface area contributed by atoms with Crippen LogP contribution in [-0.4, -0.2) is 28.2 Å². The number of fused-ring (bicyclic) bond motifs is 2. The third-order valence-corrected chi connectivity index (χ3v) is 4.30. The summed E-state index contributed by atoms with van der Waals surface area (Å²) in [5.74, 6) is 0. The smallest absolute Gasteiger partial charge is 0.289 e. The molecule has 1 aromatic carbocycles. The molecule has 2 bridgehead atoms. The minimum Gasteiger partial charge on any atom is -0.393 e. The highest BCUT2D eigenvalue weighted by molar-refractivity contribution is 5.61. The molecule has 2 aliphatic heterocycles. The van der Waals surface area contributed by atoms with Crippen LogP contribution in [0.4, 0.5) is 11.4 Å². The lowest BCUT2D eigenvalue weighted by Gasteiger charge is -2.38. The third kappa shape index (κ3) is 2.00. The molecular formula is C14H15N3O3. The molecule has 104 valence electrons. The normalized spacial score (nSPS) is 28.2. The zero-order valence-electron chi connectivity index (χ0n) is 10.9. The van der Waals surface area contributed by atoms with Crippen LogP contribution in [0.1, 0.15) is 31.2 Å². The van der Waals surface area contributed by atoms with Crippen molar-refractivity contribution < 1.29 is 10.0 Å². The van der Waals surface area contributed by atoms with Gasteiger partial charge in [-0.2, -0.15) is 5.26 Å². The predicted octanol–water partition coefficient (Wildman–Crippen LogP) is 1.96. The topological polar surface area (TPSA) is 90.4 Å². The van der Waals surface area contributed by atoms with Crippen molar-refractivity contribution in [2.75, 3.05) is 4.90 Å². The van der Waals surface area contributed by atoms with Crippen LogP contribution in [0, 0.1) is 21.4 Å². The highest BCUT2D eigenvalue weighted by atomic mass is 16.6. The summed E-state index contributed by atoms with van der Waals surface area (Å²) in [6.45, 7) is 0. The molecule has 2 fully saturated rings. The number of benzene rings is 1. The summed E-state index contributed by atoms with van der Waals surface area (Å²) < 4.78 is 0. The fourth-order valence-electron chi connectivity index (χ4n) is 3.50. The first kappa shape index (κ1) is 12.9. The van der Waals surface area contributed by atoms with E-state index < -0.39 is 4.92 Å². The molecule has 0 aromatic heterocycles. The molecule has 0 saturated carbocycles. The van der Waals surface area contributed by atoms with Gasteiger partial charge in [0.1, 0.15) is 11.6 Å². The number of nitrogens with zero attached hydrogens (tertiary/aromatic N) is 3. The van der Waals surface area contributed by atoms with Gasteiger partial charge in [-0.25, -0.2) is 0 Å². The minimum absolute atomic E-state index is 0.0862. The maximum absolute atomic E-state index is 11.0. The van der Waals surface area contributed by atoms with E-state index in [1.807, 2.05) is 6.07 Å². The molecule has 2 aliphatic rings. The van der Waals surface area contributed by atoms with E-state index in [9.17, 15) is 15.2 Å². The molecular weight excluding hydrogens is 258 g/mol. The summed E-state index contributed by atoms with van der Waals surface area (Å²) >= 11 is 0. The van der Waals surface area contributed by atoms with Gasteiger partial charge in [-0.05, 0) is 37.8 Å². The average Bonchev–Trinajstić information content (AvgIpc) is 2.70. The van der Waals surface area contributed by atoms with Crippen LogP contribution in [0.2, 0.25) is 0 Å². The van der Waals surface area contributed by atoms with E-state index in [0.717, 1.165) is 18.5 Å². The zero-order chi connectivity index (χ0) is 14.3. The highest BCUT2D eigenvalue weighted by Crippen LogP contribution is 2.40. The molecule has 3 rings (SSSR count). The van der Waals surface area contributed by atoms with Crippen molar-refractivity contribution in [3.05, 3.63) is 33.9 Å². The van der Waals surface area contributed by atoms with Gasteiger partial charge in [0.25, 0.3) is 5.69 Å². The Morgan fingerprint density at radius 2 is 2.00 bits per heavy atom. The Morgan fingerprint density at radius 3 is 2.55 bits per heavy atom. The summed E-state index contributed by atoms with van der Waals surface area (Å²) in [6.07, 6.45) is 3.18. The van der Waals surface area contributed by atoms with Crippen LogP contribution in [0.5, 0.6) is 0 Å². The number of nitro benzene ring substituents is 1. The first-order valence-corrected chi connectivity index (χ1v) is 6.75. The van der Waals surface area contributed by atoms with E-state index in [1.54, 1.807) is 6.07 Å². The quantitative estimate of drug-likeness (QED) is 0.657. The Kier molecular flexibility index (Phi) is 3.07. The van der Waals surface area contributed by atoms with Crippen LogP contribution in [0.25, 0.3) is 0 Å². The molecule has 6 heteroatoms. The summed E-state index contributed by atoms with van der Waals surface area (Å²) in [5, 5.41) is 29.8. The molecule has 2 heterocycles. The molecule has 6 nitrogen and oxygen atoms in total. The number of aliphatic hydroxyl groups is 1. The second kappa shape index (κ2) is 4.76. The molecule has 2 unspecified atom stereocenters. The van der Waals surface area contributed by atoms with Crippen molar-refractivity contribution in [1.82, 2.24) is 0 Å². The van der Waals surface area contributed by atoms with Gasteiger partial charge in [-0.15, -0.1) is 0 Å². The Morgan fingerprint density at radius 1 is 1.35 bits per heavy atom. The van der Waals surface area contributed by atoms with Crippen LogP contribution in [0.3, 0.4) is 0 Å². The monoisotopic (exact) mass is 273 g/mol. The number of nitro groups is 1. The fraction of sp³-hybridized carbons (Fsp3) is 0.500. The van der Waals surface area contributed by atoms with E-state index in [4.69, 9.17) is 5.26 Å². The second-order valence-electron chi connectivity index (χ2n) is 5.49. The lowest BCUT2D eigenvalue weighted by atomic mass is 9.98. The van der Waals surface area contributed by atoms with Gasteiger partial charge in [0, 0.05) is 23.8 Å². The summed E-state index contributed by atoms with van der Waals surface area (Å²) in [6, 6.07) is 7.12. The maximum Gasteiger partial charge on any atom is 0.289 e. The number of hydrogen-bond acceptors (Lipinski definition) is 5. The molecule has 1 N–H and O–H groups in total. The van der Waals surface area contributed by atoms with E-state index in [1.165, 1.54) is 12.1 Å². The standard InChI is InChI=1S/C14H15N3O3/c15-8-9-1-2-12(7-14(9)17(19)20)16-10-3-4-11(16)6-13(18)5-10/h1-2,7,10-11,13,18H,3-6H2. The molecule has 2 atom stereocenters. The number of aliphatic hydroxyl groups excluding tert-OH is 1. The zero-order valence-corrected chi connectivity index (χ0v) is 10.9. The fourth-order valence-corrected chi connectivity index (χ4v) is 3.50. The molecule has 20 heavy (non-hydrogen) atoms. The number of rotatable bonds is 2. The van der Waals surface area contributed by atoms with Crippen LogP contribution >= 0.6 is 0 Å². The van der Waals surface area contributed by atoms with Gasteiger partial charge in [-0.3, -0.25) is 10.1 Å². The number of anilines is 1. The van der Waals surface area contributed by atoms with Crippen molar-refractivity contribution in [2.45, 2.75) is 43.9 Å². The van der Waals surface area contributed by atoms with Crippen molar-refractivity contribution >= 4 is 11.4 Å². The third-order valence-electron chi connectivity index (χ3n) is 4.30. The molecule has 0 radical (unpaired) electrons. The lowest BCUT2D eigenvalue weighted by molar-refractivity contribution is -0.385. The Balaban J connectivity index is 1.98. The first-order valence-electron chi connectivity index (χ1n) is 6.75. The van der Waals surface area contributed by atoms with Crippen LogP contribution in [-0.2, 0) is 0 Å². The van der Waals surface area contributed by atoms with Gasteiger partial charge < -0.3 is 10.0 Å². The van der Waals surface area contributed by atoms with Crippen molar-refractivity contribution in [3.63, 3.8) is 0 Å².